The zero-order valence-electron chi connectivity index (χ0n) is 11.4. The number of nitrogens with zero attached hydrogens (tertiary/aromatic N) is 2. The second-order valence-electron chi connectivity index (χ2n) is 4.94. The topological polar surface area (TPSA) is 15.6 Å². The van der Waals surface area contributed by atoms with E-state index in [2.05, 4.69) is 38.8 Å². The lowest BCUT2D eigenvalue weighted by Gasteiger charge is -2.16. The van der Waals surface area contributed by atoms with Gasteiger partial charge in [0.1, 0.15) is 0 Å². The Morgan fingerprint density at radius 2 is 2.00 bits per heavy atom. The van der Waals surface area contributed by atoms with Crippen LogP contribution in [0.5, 0.6) is 0 Å². The van der Waals surface area contributed by atoms with Crippen LogP contribution in [0.4, 0.5) is 0 Å². The van der Waals surface area contributed by atoms with Crippen LogP contribution in [-0.4, -0.2) is 11.7 Å². The van der Waals surface area contributed by atoms with Crippen LogP contribution < -0.4 is 0 Å². The molecule has 0 fully saturated rings. The van der Waals surface area contributed by atoms with Crippen LogP contribution in [0.15, 0.2) is 41.1 Å². The predicted octanol–water partition coefficient (Wildman–Crippen LogP) is 4.71. The Bertz CT molecular complexity index is 407. The van der Waals surface area contributed by atoms with Gasteiger partial charge in [0.15, 0.2) is 0 Å². The van der Waals surface area contributed by atoms with Gasteiger partial charge in [-0.1, -0.05) is 43.2 Å². The van der Waals surface area contributed by atoms with Crippen molar-refractivity contribution >= 4 is 18.3 Å². The number of hydrazone groups is 1. The predicted molar refractivity (Wildman–Crippen MR) is 79.8 cm³/mol. The molecule has 0 aliphatic rings. The monoisotopic (exact) mass is 264 g/mol. The summed E-state index contributed by atoms with van der Waals surface area (Å²) in [6.07, 6.45) is 3.13. The highest BCUT2D eigenvalue weighted by Gasteiger charge is 2.02. The molecule has 0 bridgehead atoms. The summed E-state index contributed by atoms with van der Waals surface area (Å²) in [6.45, 7) is 10.9. The molecule has 1 aromatic rings. The third-order valence-corrected chi connectivity index (χ3v) is 2.79. The lowest BCUT2D eigenvalue weighted by molar-refractivity contribution is 0.389. The molecule has 0 atom stereocenters. The van der Waals surface area contributed by atoms with Crippen molar-refractivity contribution in [3.05, 3.63) is 46.6 Å². The van der Waals surface area contributed by atoms with Crippen molar-refractivity contribution in [2.45, 2.75) is 33.7 Å². The molecule has 0 heterocycles. The normalized spacial score (nSPS) is 11.7. The van der Waals surface area contributed by atoms with Crippen LogP contribution in [0.3, 0.4) is 0 Å². The largest absolute Gasteiger partial charge is 0.269 e. The molecule has 0 aliphatic heterocycles. The number of benzene rings is 1. The lowest BCUT2D eigenvalue weighted by atomic mass is 10.1. The average Bonchev–Trinajstić information content (AvgIpc) is 2.30. The van der Waals surface area contributed by atoms with E-state index in [9.17, 15) is 0 Å². The van der Waals surface area contributed by atoms with Gasteiger partial charge >= 0.3 is 0 Å². The van der Waals surface area contributed by atoms with Gasteiger partial charge in [0.05, 0.1) is 6.54 Å². The van der Waals surface area contributed by atoms with Gasteiger partial charge in [-0.25, -0.2) is 0 Å². The van der Waals surface area contributed by atoms with Crippen molar-refractivity contribution < 1.29 is 0 Å². The Morgan fingerprint density at radius 1 is 1.39 bits per heavy atom. The van der Waals surface area contributed by atoms with E-state index >= 15 is 0 Å². The highest BCUT2D eigenvalue weighted by Crippen LogP contribution is 2.14. The molecule has 1 aromatic carbocycles. The molecular weight excluding hydrogens is 244 g/mol. The van der Waals surface area contributed by atoms with E-state index in [1.165, 1.54) is 11.1 Å². The Labute approximate surface area is 115 Å². The van der Waals surface area contributed by atoms with Gasteiger partial charge in [-0.15, -0.1) is 0 Å². The molecule has 2 nitrogen and oxygen atoms in total. The maximum atomic E-state index is 5.86. The number of rotatable bonds is 6. The number of allylic oxidation sites excluding steroid dienone is 1. The molecule has 98 valence electrons. The van der Waals surface area contributed by atoms with Crippen LogP contribution in [0.2, 0.25) is 5.02 Å². The van der Waals surface area contributed by atoms with Gasteiger partial charge in [0.25, 0.3) is 0 Å². The Hall–Kier alpha value is -1.28. The quantitative estimate of drug-likeness (QED) is 0.537. The third kappa shape index (κ3) is 5.37. The lowest BCUT2D eigenvalue weighted by Crippen LogP contribution is -2.10. The number of halogens is 1. The molecule has 0 N–H and O–H groups in total. The fourth-order valence-corrected chi connectivity index (χ4v) is 1.99. The summed E-state index contributed by atoms with van der Waals surface area (Å²) < 4.78 is 0. The van der Waals surface area contributed by atoms with E-state index in [0.717, 1.165) is 18.0 Å². The molecule has 0 unspecified atom stereocenters. The van der Waals surface area contributed by atoms with Gasteiger partial charge in [-0.05, 0) is 37.0 Å². The van der Waals surface area contributed by atoms with Gasteiger partial charge in [0.2, 0.25) is 0 Å². The fourth-order valence-electron chi connectivity index (χ4n) is 1.86. The Morgan fingerprint density at radius 3 is 2.50 bits per heavy atom. The number of hydrogen-bond donors (Lipinski definition) is 0. The summed E-state index contributed by atoms with van der Waals surface area (Å²) in [5.74, 6) is 0.656. The van der Waals surface area contributed by atoms with Crippen molar-refractivity contribution in [2.24, 2.45) is 11.0 Å². The molecule has 3 heteroatoms. The van der Waals surface area contributed by atoms with Crippen LogP contribution in [-0.2, 0) is 6.54 Å². The molecule has 0 radical (unpaired) electrons. The molecule has 18 heavy (non-hydrogen) atoms. The second kappa shape index (κ2) is 7.22. The van der Waals surface area contributed by atoms with E-state index in [1.807, 2.05) is 29.3 Å². The molecule has 0 saturated carbocycles. The van der Waals surface area contributed by atoms with Gasteiger partial charge in [-0.3, -0.25) is 5.01 Å². The molecule has 0 amide bonds. The van der Waals surface area contributed by atoms with Crippen molar-refractivity contribution in [2.75, 3.05) is 0 Å². The number of hydrogen-bond acceptors (Lipinski definition) is 2. The van der Waals surface area contributed by atoms with Crippen LogP contribution in [0, 0.1) is 5.92 Å². The minimum absolute atomic E-state index is 0.656. The first kappa shape index (κ1) is 14.8. The molecular formula is C15H21ClN2. The Kier molecular flexibility index (Phi) is 5.93. The summed E-state index contributed by atoms with van der Waals surface area (Å²) in [5, 5.41) is 6.64. The molecule has 0 spiro atoms. The summed E-state index contributed by atoms with van der Waals surface area (Å²) in [4.78, 5) is 0. The van der Waals surface area contributed by atoms with Gasteiger partial charge in [-0.2, -0.15) is 5.10 Å². The molecule has 0 saturated heterocycles. The third-order valence-electron chi connectivity index (χ3n) is 2.54. The highest BCUT2D eigenvalue weighted by atomic mass is 35.5. The summed E-state index contributed by atoms with van der Waals surface area (Å²) in [7, 11) is 0. The van der Waals surface area contributed by atoms with Crippen LogP contribution in [0.1, 0.15) is 32.8 Å². The van der Waals surface area contributed by atoms with E-state index in [0.29, 0.717) is 5.92 Å². The summed E-state index contributed by atoms with van der Waals surface area (Å²) in [5.41, 5.74) is 2.48. The van der Waals surface area contributed by atoms with Crippen molar-refractivity contribution in [1.82, 2.24) is 5.01 Å². The first-order chi connectivity index (χ1) is 8.51. The first-order valence-electron chi connectivity index (χ1n) is 6.16. The van der Waals surface area contributed by atoms with E-state index < -0.39 is 0 Å². The first-order valence-corrected chi connectivity index (χ1v) is 6.54. The summed E-state index contributed by atoms with van der Waals surface area (Å²) in [6, 6.07) is 7.80. The van der Waals surface area contributed by atoms with E-state index in [1.54, 1.807) is 0 Å². The minimum atomic E-state index is 0.656. The zero-order valence-corrected chi connectivity index (χ0v) is 12.1. The van der Waals surface area contributed by atoms with Gasteiger partial charge < -0.3 is 0 Å². The SMILES string of the molecule is C=NN(/C=C(\C)CC(C)C)Cc1ccc(Cl)cc1. The minimum Gasteiger partial charge on any atom is -0.269 e. The van der Waals surface area contributed by atoms with Crippen molar-refractivity contribution in [3.63, 3.8) is 0 Å². The van der Waals surface area contributed by atoms with Crippen molar-refractivity contribution in [3.8, 4) is 0 Å². The molecule has 0 aliphatic carbocycles. The maximum absolute atomic E-state index is 5.86. The Balaban J connectivity index is 2.67. The van der Waals surface area contributed by atoms with Crippen LogP contribution >= 0.6 is 11.6 Å². The average molecular weight is 265 g/mol. The summed E-state index contributed by atoms with van der Waals surface area (Å²) >= 11 is 5.86. The standard InChI is InChI=1S/C15H21ClN2/c1-12(2)9-13(3)10-18(17-4)11-14-5-7-15(16)8-6-14/h5-8,10,12H,4,9,11H2,1-3H3/b13-10+. The highest BCUT2D eigenvalue weighted by molar-refractivity contribution is 6.30. The maximum Gasteiger partial charge on any atom is 0.0659 e. The fraction of sp³-hybridized carbons (Fsp3) is 0.400. The van der Waals surface area contributed by atoms with Crippen LogP contribution in [0.25, 0.3) is 0 Å². The second-order valence-corrected chi connectivity index (χ2v) is 5.38. The molecule has 1 rings (SSSR count). The van der Waals surface area contributed by atoms with Crippen molar-refractivity contribution in [1.29, 1.82) is 0 Å². The zero-order chi connectivity index (χ0) is 13.5. The molecule has 0 aromatic heterocycles. The van der Waals surface area contributed by atoms with Gasteiger partial charge in [0, 0.05) is 17.9 Å². The van der Waals surface area contributed by atoms with E-state index in [4.69, 9.17) is 11.6 Å². The van der Waals surface area contributed by atoms with E-state index in [-0.39, 0.29) is 0 Å². The smallest absolute Gasteiger partial charge is 0.0659 e.